The van der Waals surface area contributed by atoms with Crippen LogP contribution in [-0.2, 0) is 0 Å². The Bertz CT molecular complexity index is 525. The van der Waals surface area contributed by atoms with Gasteiger partial charge in [0.05, 0.1) is 5.56 Å². The van der Waals surface area contributed by atoms with Crippen molar-refractivity contribution in [2.75, 3.05) is 0 Å². The molecule has 2 rings (SSSR count). The van der Waals surface area contributed by atoms with E-state index in [1.165, 1.54) is 6.07 Å². The second-order valence-corrected chi connectivity index (χ2v) is 4.36. The zero-order valence-electron chi connectivity index (χ0n) is 9.64. The second-order valence-electron chi connectivity index (χ2n) is 3.93. The first-order chi connectivity index (χ1) is 8.11. The minimum absolute atomic E-state index is 0.0388. The van der Waals surface area contributed by atoms with Crippen LogP contribution in [0.1, 0.15) is 32.0 Å². The molecule has 4 nitrogen and oxygen atoms in total. The molecule has 1 aromatic carbocycles. The summed E-state index contributed by atoms with van der Waals surface area (Å²) in [5, 5.41) is 14.1. The molecule has 2 aromatic rings. The number of phenolic OH excluding ortho intramolecular Hbond substituents is 1. The van der Waals surface area contributed by atoms with Gasteiger partial charge in [-0.1, -0.05) is 30.6 Å². The van der Waals surface area contributed by atoms with E-state index in [0.29, 0.717) is 22.3 Å². The average molecular weight is 253 g/mol. The molecule has 0 radical (unpaired) electrons. The van der Waals surface area contributed by atoms with Crippen LogP contribution in [0.4, 0.5) is 0 Å². The Hall–Kier alpha value is -1.55. The standard InChI is InChI=1S/C12H13ClN2O2/c1-3-7(2)11-14-12(17-15-11)9-5-4-8(13)6-10(9)16/h4-7,16H,3H2,1-2H3. The molecule has 0 aliphatic carbocycles. The molecule has 0 saturated carbocycles. The van der Waals surface area contributed by atoms with Crippen molar-refractivity contribution in [3.63, 3.8) is 0 Å². The number of hydrogen-bond acceptors (Lipinski definition) is 4. The first kappa shape index (κ1) is 11.9. The molecule has 1 heterocycles. The summed E-state index contributed by atoms with van der Waals surface area (Å²) in [5.74, 6) is 1.24. The fourth-order valence-electron chi connectivity index (χ4n) is 1.41. The van der Waals surface area contributed by atoms with E-state index >= 15 is 0 Å². The second kappa shape index (κ2) is 4.75. The lowest BCUT2D eigenvalue weighted by Crippen LogP contribution is -1.93. The highest BCUT2D eigenvalue weighted by Gasteiger charge is 2.15. The molecule has 0 aliphatic heterocycles. The summed E-state index contributed by atoms with van der Waals surface area (Å²) in [6.07, 6.45) is 0.936. The predicted octanol–water partition coefficient (Wildman–Crippen LogP) is 3.61. The summed E-state index contributed by atoms with van der Waals surface area (Å²) in [6.45, 7) is 4.08. The summed E-state index contributed by atoms with van der Waals surface area (Å²) in [7, 11) is 0. The molecule has 0 spiro atoms. The largest absolute Gasteiger partial charge is 0.507 e. The summed E-state index contributed by atoms with van der Waals surface area (Å²) >= 11 is 5.76. The smallest absolute Gasteiger partial charge is 0.261 e. The first-order valence-electron chi connectivity index (χ1n) is 5.44. The van der Waals surface area contributed by atoms with Crippen molar-refractivity contribution in [1.82, 2.24) is 10.1 Å². The van der Waals surface area contributed by atoms with Crippen LogP contribution in [-0.4, -0.2) is 15.2 Å². The minimum Gasteiger partial charge on any atom is -0.507 e. The molecule has 90 valence electrons. The number of benzene rings is 1. The Morgan fingerprint density at radius 3 is 2.88 bits per heavy atom. The van der Waals surface area contributed by atoms with Gasteiger partial charge in [-0.3, -0.25) is 0 Å². The molecule has 5 heteroatoms. The van der Waals surface area contributed by atoms with Gasteiger partial charge >= 0.3 is 0 Å². The van der Waals surface area contributed by atoms with Gasteiger partial charge in [-0.25, -0.2) is 0 Å². The quantitative estimate of drug-likeness (QED) is 0.907. The molecule has 1 unspecified atom stereocenters. The lowest BCUT2D eigenvalue weighted by atomic mass is 10.1. The lowest BCUT2D eigenvalue weighted by molar-refractivity contribution is 0.412. The number of hydrogen-bond donors (Lipinski definition) is 1. The van der Waals surface area contributed by atoms with E-state index < -0.39 is 0 Å². The van der Waals surface area contributed by atoms with Crippen LogP contribution < -0.4 is 0 Å². The van der Waals surface area contributed by atoms with E-state index in [-0.39, 0.29) is 11.7 Å². The van der Waals surface area contributed by atoms with Gasteiger partial charge in [0, 0.05) is 10.9 Å². The predicted molar refractivity (Wildman–Crippen MR) is 65.1 cm³/mol. The topological polar surface area (TPSA) is 59.2 Å². The lowest BCUT2D eigenvalue weighted by Gasteiger charge is -2.00. The number of rotatable bonds is 3. The Kier molecular flexibility index (Phi) is 3.33. The fourth-order valence-corrected chi connectivity index (χ4v) is 1.58. The molecule has 17 heavy (non-hydrogen) atoms. The maximum atomic E-state index is 9.74. The minimum atomic E-state index is 0.0388. The van der Waals surface area contributed by atoms with Gasteiger partial charge < -0.3 is 9.63 Å². The zero-order valence-corrected chi connectivity index (χ0v) is 10.4. The molecule has 0 saturated heterocycles. The molecular weight excluding hydrogens is 240 g/mol. The van der Waals surface area contributed by atoms with Crippen LogP contribution in [0.25, 0.3) is 11.5 Å². The highest BCUT2D eigenvalue weighted by molar-refractivity contribution is 6.30. The van der Waals surface area contributed by atoms with Crippen LogP contribution in [0.5, 0.6) is 5.75 Å². The van der Waals surface area contributed by atoms with Crippen LogP contribution >= 0.6 is 11.6 Å². The zero-order chi connectivity index (χ0) is 12.4. The molecule has 0 amide bonds. The summed E-state index contributed by atoms with van der Waals surface area (Å²) in [6, 6.07) is 4.78. The van der Waals surface area contributed by atoms with Gasteiger partial charge in [0.1, 0.15) is 5.75 Å². The van der Waals surface area contributed by atoms with Crippen molar-refractivity contribution in [2.24, 2.45) is 0 Å². The van der Waals surface area contributed by atoms with Crippen molar-refractivity contribution >= 4 is 11.6 Å². The number of halogens is 1. The van der Waals surface area contributed by atoms with Gasteiger partial charge in [0.15, 0.2) is 5.82 Å². The Morgan fingerprint density at radius 1 is 1.47 bits per heavy atom. The van der Waals surface area contributed by atoms with E-state index in [9.17, 15) is 5.11 Å². The Balaban J connectivity index is 2.37. The van der Waals surface area contributed by atoms with Crippen molar-refractivity contribution < 1.29 is 9.63 Å². The number of phenols is 1. The van der Waals surface area contributed by atoms with Crippen LogP contribution in [0.15, 0.2) is 22.7 Å². The highest BCUT2D eigenvalue weighted by atomic mass is 35.5. The number of aromatic hydroxyl groups is 1. The van der Waals surface area contributed by atoms with E-state index in [1.807, 2.05) is 6.92 Å². The highest BCUT2D eigenvalue weighted by Crippen LogP contribution is 2.31. The van der Waals surface area contributed by atoms with Crippen molar-refractivity contribution in [2.45, 2.75) is 26.2 Å². The maximum Gasteiger partial charge on any atom is 0.261 e. The van der Waals surface area contributed by atoms with Gasteiger partial charge in [-0.2, -0.15) is 4.98 Å². The monoisotopic (exact) mass is 252 g/mol. The normalized spacial score (nSPS) is 12.6. The van der Waals surface area contributed by atoms with Gasteiger partial charge in [0.2, 0.25) is 0 Å². The van der Waals surface area contributed by atoms with E-state index in [0.717, 1.165) is 6.42 Å². The van der Waals surface area contributed by atoms with Crippen molar-refractivity contribution in [3.8, 4) is 17.2 Å². The Labute approximate surface area is 104 Å². The van der Waals surface area contributed by atoms with Crippen molar-refractivity contribution in [3.05, 3.63) is 29.0 Å². The van der Waals surface area contributed by atoms with Crippen LogP contribution in [0.3, 0.4) is 0 Å². The Morgan fingerprint density at radius 2 is 2.24 bits per heavy atom. The first-order valence-corrected chi connectivity index (χ1v) is 5.82. The van der Waals surface area contributed by atoms with E-state index in [2.05, 4.69) is 17.1 Å². The SMILES string of the molecule is CCC(C)c1noc(-c2ccc(Cl)cc2O)n1. The third-order valence-corrected chi connectivity index (χ3v) is 2.92. The number of nitrogens with zero attached hydrogens (tertiary/aromatic N) is 2. The van der Waals surface area contributed by atoms with E-state index in [4.69, 9.17) is 16.1 Å². The molecule has 0 fully saturated rings. The summed E-state index contributed by atoms with van der Waals surface area (Å²) in [4.78, 5) is 4.26. The van der Waals surface area contributed by atoms with Gasteiger partial charge in [-0.05, 0) is 24.6 Å². The molecule has 1 aromatic heterocycles. The number of aromatic nitrogens is 2. The molecule has 0 aliphatic rings. The summed E-state index contributed by atoms with van der Waals surface area (Å²) < 4.78 is 5.13. The van der Waals surface area contributed by atoms with Crippen molar-refractivity contribution in [1.29, 1.82) is 0 Å². The van der Waals surface area contributed by atoms with Crippen LogP contribution in [0, 0.1) is 0 Å². The molecule has 0 bridgehead atoms. The third kappa shape index (κ3) is 2.42. The van der Waals surface area contributed by atoms with Gasteiger partial charge in [0.25, 0.3) is 5.89 Å². The summed E-state index contributed by atoms with van der Waals surface area (Å²) in [5.41, 5.74) is 0.497. The molecule has 1 N–H and O–H groups in total. The fraction of sp³-hybridized carbons (Fsp3) is 0.333. The molecular formula is C12H13ClN2O2. The maximum absolute atomic E-state index is 9.74. The average Bonchev–Trinajstić information content (AvgIpc) is 2.77. The third-order valence-electron chi connectivity index (χ3n) is 2.69. The molecule has 1 atom stereocenters. The van der Waals surface area contributed by atoms with E-state index in [1.54, 1.807) is 12.1 Å². The van der Waals surface area contributed by atoms with Crippen LogP contribution in [0.2, 0.25) is 5.02 Å². The van der Waals surface area contributed by atoms with Gasteiger partial charge in [-0.15, -0.1) is 0 Å².